The third kappa shape index (κ3) is 2.94. The highest BCUT2D eigenvalue weighted by molar-refractivity contribution is 5.80. The van der Waals surface area contributed by atoms with Crippen LogP contribution in [0.5, 0.6) is 5.75 Å². The van der Waals surface area contributed by atoms with E-state index in [1.165, 1.54) is 0 Å². The number of carbonyl (C=O) groups excluding carboxylic acids is 1. The Morgan fingerprint density at radius 1 is 1.29 bits per heavy atom. The summed E-state index contributed by atoms with van der Waals surface area (Å²) < 4.78 is 5.72. The molecule has 1 aliphatic heterocycles. The van der Waals surface area contributed by atoms with Crippen LogP contribution in [0.1, 0.15) is 18.4 Å². The van der Waals surface area contributed by atoms with Crippen molar-refractivity contribution in [3.8, 4) is 5.75 Å². The van der Waals surface area contributed by atoms with Gasteiger partial charge in [-0.3, -0.25) is 4.79 Å². The first-order valence-electron chi connectivity index (χ1n) is 7.09. The van der Waals surface area contributed by atoms with Gasteiger partial charge in [-0.2, -0.15) is 0 Å². The molecule has 1 heterocycles. The fourth-order valence-corrected chi connectivity index (χ4v) is 2.50. The largest absolute Gasteiger partial charge is 0.488 e. The molecule has 1 atom stereocenters. The van der Waals surface area contributed by atoms with Crippen molar-refractivity contribution >= 4 is 12.0 Å². The number of carboxylic acids is 1. The van der Waals surface area contributed by atoms with Gasteiger partial charge in [-0.1, -0.05) is 18.2 Å². The summed E-state index contributed by atoms with van der Waals surface area (Å²) in [5.74, 6) is 0.0323. The molecule has 2 aliphatic rings. The molecule has 1 aliphatic carbocycles. The summed E-state index contributed by atoms with van der Waals surface area (Å²) in [6, 6.07) is 7.47. The highest BCUT2D eigenvalue weighted by Gasteiger charge is 2.50. The number of carbonyl (C=O) groups is 2. The lowest BCUT2D eigenvalue weighted by Crippen LogP contribution is -2.44. The van der Waals surface area contributed by atoms with Gasteiger partial charge in [0.1, 0.15) is 11.9 Å². The van der Waals surface area contributed by atoms with Gasteiger partial charge in [-0.15, -0.1) is 0 Å². The Hall–Kier alpha value is -2.24. The predicted molar refractivity (Wildman–Crippen MR) is 75.3 cm³/mol. The fraction of sp³-hybridized carbons (Fsp3) is 0.467. The van der Waals surface area contributed by atoms with Crippen LogP contribution in [-0.2, 0) is 11.2 Å². The maximum absolute atomic E-state index is 11.7. The summed E-state index contributed by atoms with van der Waals surface area (Å²) in [4.78, 5) is 22.7. The van der Waals surface area contributed by atoms with E-state index < -0.39 is 11.4 Å². The zero-order chi connectivity index (χ0) is 14.9. The Kier molecular flexibility index (Phi) is 3.45. The topological polar surface area (TPSA) is 87.7 Å². The normalized spacial score (nSPS) is 21.0. The van der Waals surface area contributed by atoms with Gasteiger partial charge in [0.2, 0.25) is 0 Å². The van der Waals surface area contributed by atoms with E-state index in [1.807, 2.05) is 24.3 Å². The second-order valence-corrected chi connectivity index (χ2v) is 5.70. The summed E-state index contributed by atoms with van der Waals surface area (Å²) in [5.41, 5.74) is 0.407. The third-order valence-electron chi connectivity index (χ3n) is 4.10. The van der Waals surface area contributed by atoms with Crippen molar-refractivity contribution in [1.82, 2.24) is 10.6 Å². The molecule has 0 radical (unpaired) electrons. The molecule has 21 heavy (non-hydrogen) atoms. The maximum Gasteiger partial charge on any atom is 0.314 e. The van der Waals surface area contributed by atoms with Gasteiger partial charge >= 0.3 is 12.0 Å². The standard InChI is InChI=1S/C15H18N2O4/c18-13(19)15(5-6-15)9-17-14(20)16-8-11-7-10-3-1-2-4-12(10)21-11/h1-4,11H,5-9H2,(H,18,19)(H2,16,17,20). The van der Waals surface area contributed by atoms with Crippen LogP contribution in [0.2, 0.25) is 0 Å². The highest BCUT2D eigenvalue weighted by atomic mass is 16.5. The second-order valence-electron chi connectivity index (χ2n) is 5.70. The molecule has 112 valence electrons. The number of benzene rings is 1. The molecule has 0 saturated heterocycles. The fourth-order valence-electron chi connectivity index (χ4n) is 2.50. The van der Waals surface area contributed by atoms with Crippen LogP contribution in [0, 0.1) is 5.41 Å². The van der Waals surface area contributed by atoms with Gasteiger partial charge in [0.25, 0.3) is 0 Å². The number of amides is 2. The SMILES string of the molecule is O=C(NCC1Cc2ccccc2O1)NCC1(C(=O)O)CC1. The minimum Gasteiger partial charge on any atom is -0.488 e. The number of urea groups is 1. The predicted octanol–water partition coefficient (Wildman–Crippen LogP) is 1.15. The molecule has 0 spiro atoms. The van der Waals surface area contributed by atoms with Gasteiger partial charge < -0.3 is 20.5 Å². The molecular formula is C15H18N2O4. The molecule has 1 fully saturated rings. The van der Waals surface area contributed by atoms with Crippen molar-refractivity contribution < 1.29 is 19.4 Å². The van der Waals surface area contributed by atoms with Crippen LogP contribution in [0.25, 0.3) is 0 Å². The zero-order valence-corrected chi connectivity index (χ0v) is 11.6. The zero-order valence-electron chi connectivity index (χ0n) is 11.6. The Bertz CT molecular complexity index is 544. The molecule has 6 heteroatoms. The minimum atomic E-state index is -0.836. The number of aliphatic carboxylic acids is 1. The van der Waals surface area contributed by atoms with Crippen molar-refractivity contribution in [3.05, 3.63) is 29.8 Å². The number of rotatable bonds is 5. The van der Waals surface area contributed by atoms with Crippen LogP contribution in [0.15, 0.2) is 24.3 Å². The molecule has 2 amide bonds. The lowest BCUT2D eigenvalue weighted by atomic mass is 10.1. The first-order chi connectivity index (χ1) is 10.1. The molecule has 3 rings (SSSR count). The van der Waals surface area contributed by atoms with Gasteiger partial charge in [0.15, 0.2) is 0 Å². The molecule has 1 unspecified atom stereocenters. The molecule has 6 nitrogen and oxygen atoms in total. The van der Waals surface area contributed by atoms with Crippen LogP contribution in [-0.4, -0.2) is 36.3 Å². The molecule has 1 aromatic rings. The van der Waals surface area contributed by atoms with Crippen molar-refractivity contribution in [2.75, 3.05) is 13.1 Å². The summed E-state index contributed by atoms with van der Waals surface area (Å²) in [6.07, 6.45) is 1.96. The molecule has 0 bridgehead atoms. The first kappa shape index (κ1) is 13.7. The Morgan fingerprint density at radius 3 is 2.71 bits per heavy atom. The number of carboxylic acid groups (broad SMARTS) is 1. The second kappa shape index (κ2) is 5.27. The van der Waals surface area contributed by atoms with E-state index in [2.05, 4.69) is 10.6 Å². The van der Waals surface area contributed by atoms with E-state index in [9.17, 15) is 9.59 Å². The average molecular weight is 290 g/mol. The van der Waals surface area contributed by atoms with Crippen molar-refractivity contribution in [2.24, 2.45) is 5.41 Å². The Labute approximate surface area is 122 Å². The minimum absolute atomic E-state index is 0.0671. The van der Waals surface area contributed by atoms with E-state index in [0.717, 1.165) is 17.7 Å². The molecule has 1 aromatic carbocycles. The van der Waals surface area contributed by atoms with Crippen LogP contribution in [0.4, 0.5) is 4.79 Å². The summed E-state index contributed by atoms with van der Waals surface area (Å²) in [7, 11) is 0. The first-order valence-corrected chi connectivity index (χ1v) is 7.09. The van der Waals surface area contributed by atoms with Gasteiger partial charge in [0, 0.05) is 13.0 Å². The Balaban J connectivity index is 1.40. The molecule has 3 N–H and O–H groups in total. The maximum atomic E-state index is 11.7. The molecular weight excluding hydrogens is 272 g/mol. The van der Waals surface area contributed by atoms with E-state index in [1.54, 1.807) is 0 Å². The van der Waals surface area contributed by atoms with Crippen LogP contribution in [0.3, 0.4) is 0 Å². The van der Waals surface area contributed by atoms with Gasteiger partial charge in [-0.05, 0) is 24.5 Å². The lowest BCUT2D eigenvalue weighted by Gasteiger charge is -2.14. The molecule has 0 aromatic heterocycles. The third-order valence-corrected chi connectivity index (χ3v) is 4.10. The van der Waals surface area contributed by atoms with E-state index in [4.69, 9.17) is 9.84 Å². The van der Waals surface area contributed by atoms with Gasteiger partial charge in [0.05, 0.1) is 12.0 Å². The van der Waals surface area contributed by atoms with E-state index >= 15 is 0 Å². The van der Waals surface area contributed by atoms with Crippen LogP contribution >= 0.6 is 0 Å². The van der Waals surface area contributed by atoms with Crippen molar-refractivity contribution in [3.63, 3.8) is 0 Å². The summed E-state index contributed by atoms with van der Waals surface area (Å²) in [5, 5.41) is 14.4. The van der Waals surface area contributed by atoms with Crippen LogP contribution < -0.4 is 15.4 Å². The number of fused-ring (bicyclic) bond motifs is 1. The van der Waals surface area contributed by atoms with E-state index in [-0.39, 0.29) is 18.7 Å². The Morgan fingerprint density at radius 2 is 2.05 bits per heavy atom. The summed E-state index contributed by atoms with van der Waals surface area (Å²) >= 11 is 0. The lowest BCUT2D eigenvalue weighted by molar-refractivity contribution is -0.143. The number of nitrogens with one attached hydrogen (secondary N) is 2. The monoisotopic (exact) mass is 290 g/mol. The average Bonchev–Trinajstić information content (AvgIpc) is 3.15. The molecule has 1 saturated carbocycles. The van der Waals surface area contributed by atoms with Crippen molar-refractivity contribution in [2.45, 2.75) is 25.4 Å². The van der Waals surface area contributed by atoms with Gasteiger partial charge in [-0.25, -0.2) is 4.79 Å². The number of hydrogen-bond acceptors (Lipinski definition) is 3. The van der Waals surface area contributed by atoms with Crippen molar-refractivity contribution in [1.29, 1.82) is 0 Å². The number of ether oxygens (including phenoxy) is 1. The highest BCUT2D eigenvalue weighted by Crippen LogP contribution is 2.45. The quantitative estimate of drug-likeness (QED) is 0.759. The summed E-state index contributed by atoms with van der Waals surface area (Å²) in [6.45, 7) is 0.584. The number of para-hydroxylation sites is 1. The number of hydrogen-bond donors (Lipinski definition) is 3. The van der Waals surface area contributed by atoms with E-state index in [0.29, 0.717) is 19.4 Å². The smallest absolute Gasteiger partial charge is 0.314 e.